The molecule has 1 atom stereocenters. The average molecular weight is 398 g/mol. The van der Waals surface area contributed by atoms with E-state index in [0.29, 0.717) is 6.61 Å². The maximum absolute atomic E-state index is 5.96. The van der Waals surface area contributed by atoms with E-state index < -0.39 is 0 Å². The van der Waals surface area contributed by atoms with Crippen molar-refractivity contribution >= 4 is 11.8 Å². The van der Waals surface area contributed by atoms with Gasteiger partial charge in [0.05, 0.1) is 19.3 Å². The standard InChI is InChI=1S/C21H31N7O/c1-22-21(28-10-11-29-19(16-28)18-14-25-26(2)15-18)24-13-17-6-7-23-20(12-17)27-8-4-3-5-9-27/h6-7,12,14-15,19H,3-5,8-11,13,16H2,1-2H3,(H,22,24). The zero-order valence-electron chi connectivity index (χ0n) is 17.4. The Morgan fingerprint density at radius 3 is 2.90 bits per heavy atom. The third-order valence-corrected chi connectivity index (χ3v) is 5.62. The minimum absolute atomic E-state index is 0.0163. The van der Waals surface area contributed by atoms with Crippen molar-refractivity contribution in [1.29, 1.82) is 0 Å². The molecule has 0 radical (unpaired) electrons. The Labute approximate surface area is 172 Å². The topological polar surface area (TPSA) is 70.8 Å². The summed E-state index contributed by atoms with van der Waals surface area (Å²) in [6, 6.07) is 4.27. The van der Waals surface area contributed by atoms with Gasteiger partial charge in [-0.2, -0.15) is 5.10 Å². The summed E-state index contributed by atoms with van der Waals surface area (Å²) in [6.07, 6.45) is 9.66. The van der Waals surface area contributed by atoms with Gasteiger partial charge in [-0.25, -0.2) is 4.98 Å². The summed E-state index contributed by atoms with van der Waals surface area (Å²) in [4.78, 5) is 13.7. The molecule has 2 aliphatic rings. The smallest absolute Gasteiger partial charge is 0.194 e. The molecule has 8 heteroatoms. The highest BCUT2D eigenvalue weighted by Crippen LogP contribution is 2.22. The van der Waals surface area contributed by atoms with Crippen molar-refractivity contribution in [2.45, 2.75) is 31.9 Å². The van der Waals surface area contributed by atoms with E-state index in [1.165, 1.54) is 24.8 Å². The number of pyridine rings is 1. The maximum Gasteiger partial charge on any atom is 0.194 e. The molecule has 0 aliphatic carbocycles. The summed E-state index contributed by atoms with van der Waals surface area (Å²) in [6.45, 7) is 5.20. The monoisotopic (exact) mass is 397 g/mol. The minimum atomic E-state index is 0.0163. The zero-order chi connectivity index (χ0) is 20.1. The summed E-state index contributed by atoms with van der Waals surface area (Å²) in [5, 5.41) is 7.78. The molecule has 1 N–H and O–H groups in total. The number of rotatable bonds is 4. The van der Waals surface area contributed by atoms with Crippen LogP contribution in [0.1, 0.15) is 36.5 Å². The number of ether oxygens (including phenoxy) is 1. The molecule has 4 rings (SSSR count). The minimum Gasteiger partial charge on any atom is -0.370 e. The highest BCUT2D eigenvalue weighted by atomic mass is 16.5. The van der Waals surface area contributed by atoms with Crippen molar-refractivity contribution in [3.05, 3.63) is 41.9 Å². The predicted molar refractivity (Wildman–Crippen MR) is 114 cm³/mol. The van der Waals surface area contributed by atoms with Crippen molar-refractivity contribution in [2.75, 3.05) is 44.7 Å². The van der Waals surface area contributed by atoms with E-state index in [4.69, 9.17) is 4.74 Å². The van der Waals surface area contributed by atoms with Gasteiger partial charge in [-0.3, -0.25) is 9.67 Å². The van der Waals surface area contributed by atoms with Crippen molar-refractivity contribution in [3.63, 3.8) is 0 Å². The number of hydrogen-bond acceptors (Lipinski definition) is 5. The van der Waals surface area contributed by atoms with Crippen LogP contribution in [0.15, 0.2) is 35.7 Å². The summed E-state index contributed by atoms with van der Waals surface area (Å²) in [5.41, 5.74) is 2.33. The van der Waals surface area contributed by atoms with E-state index >= 15 is 0 Å². The quantitative estimate of drug-likeness (QED) is 0.628. The van der Waals surface area contributed by atoms with Crippen LogP contribution in [0.2, 0.25) is 0 Å². The first kappa shape index (κ1) is 19.7. The SMILES string of the molecule is CN=C(NCc1ccnc(N2CCCCC2)c1)N1CCOC(c2cnn(C)c2)C1. The van der Waals surface area contributed by atoms with Crippen molar-refractivity contribution in [1.82, 2.24) is 25.0 Å². The highest BCUT2D eigenvalue weighted by molar-refractivity contribution is 5.80. The van der Waals surface area contributed by atoms with Crippen molar-refractivity contribution in [3.8, 4) is 0 Å². The van der Waals surface area contributed by atoms with E-state index in [1.54, 1.807) is 0 Å². The van der Waals surface area contributed by atoms with Gasteiger partial charge < -0.3 is 19.9 Å². The Bertz CT molecular complexity index is 828. The molecular weight excluding hydrogens is 366 g/mol. The maximum atomic E-state index is 5.96. The lowest BCUT2D eigenvalue weighted by Crippen LogP contribution is -2.47. The second-order valence-electron chi connectivity index (χ2n) is 7.72. The number of hydrogen-bond donors (Lipinski definition) is 1. The van der Waals surface area contributed by atoms with Gasteiger partial charge in [0.25, 0.3) is 0 Å². The molecule has 4 heterocycles. The number of aromatic nitrogens is 3. The van der Waals surface area contributed by atoms with E-state index in [9.17, 15) is 0 Å². The molecule has 0 amide bonds. The van der Waals surface area contributed by atoms with Gasteiger partial charge in [-0.15, -0.1) is 0 Å². The second-order valence-corrected chi connectivity index (χ2v) is 7.72. The number of nitrogens with zero attached hydrogens (tertiary/aromatic N) is 6. The van der Waals surface area contributed by atoms with Gasteiger partial charge in [0.2, 0.25) is 0 Å². The first-order chi connectivity index (χ1) is 14.2. The predicted octanol–water partition coefficient (Wildman–Crippen LogP) is 1.95. The number of anilines is 1. The third kappa shape index (κ3) is 4.87. The lowest BCUT2D eigenvalue weighted by atomic mass is 10.1. The largest absolute Gasteiger partial charge is 0.370 e. The lowest BCUT2D eigenvalue weighted by molar-refractivity contribution is -0.00805. The van der Waals surface area contributed by atoms with E-state index in [0.717, 1.165) is 50.1 Å². The van der Waals surface area contributed by atoms with Gasteiger partial charge in [-0.05, 0) is 37.0 Å². The number of nitrogens with one attached hydrogen (secondary N) is 1. The van der Waals surface area contributed by atoms with Crippen LogP contribution in [-0.2, 0) is 18.3 Å². The zero-order valence-corrected chi connectivity index (χ0v) is 17.4. The van der Waals surface area contributed by atoms with E-state index in [2.05, 4.69) is 42.3 Å². The number of piperidine rings is 1. The molecule has 2 aromatic heterocycles. The van der Waals surface area contributed by atoms with Crippen LogP contribution in [0.3, 0.4) is 0 Å². The van der Waals surface area contributed by atoms with Crippen LogP contribution < -0.4 is 10.2 Å². The van der Waals surface area contributed by atoms with Crippen LogP contribution in [0.4, 0.5) is 5.82 Å². The van der Waals surface area contributed by atoms with Crippen LogP contribution in [-0.4, -0.2) is 65.5 Å². The van der Waals surface area contributed by atoms with Gasteiger partial charge in [0.1, 0.15) is 11.9 Å². The molecule has 2 fully saturated rings. The summed E-state index contributed by atoms with van der Waals surface area (Å²) in [7, 11) is 3.76. The Morgan fingerprint density at radius 2 is 2.14 bits per heavy atom. The van der Waals surface area contributed by atoms with Gasteiger partial charge in [0, 0.05) is 58.2 Å². The summed E-state index contributed by atoms with van der Waals surface area (Å²) < 4.78 is 7.77. The number of morpholine rings is 1. The molecule has 0 aromatic carbocycles. The summed E-state index contributed by atoms with van der Waals surface area (Å²) >= 11 is 0. The second kappa shape index (κ2) is 9.26. The van der Waals surface area contributed by atoms with Gasteiger partial charge in [-0.1, -0.05) is 0 Å². The fourth-order valence-corrected chi connectivity index (χ4v) is 4.03. The molecule has 2 aromatic rings. The molecule has 0 saturated carbocycles. The van der Waals surface area contributed by atoms with Gasteiger partial charge >= 0.3 is 0 Å². The van der Waals surface area contributed by atoms with Crippen molar-refractivity contribution < 1.29 is 4.74 Å². The first-order valence-electron chi connectivity index (χ1n) is 10.5. The molecule has 156 valence electrons. The van der Waals surface area contributed by atoms with Crippen LogP contribution in [0.5, 0.6) is 0 Å². The molecule has 2 aliphatic heterocycles. The number of guanidine groups is 1. The molecule has 2 saturated heterocycles. The lowest BCUT2D eigenvalue weighted by Gasteiger charge is -2.34. The van der Waals surface area contributed by atoms with Crippen LogP contribution in [0.25, 0.3) is 0 Å². The fourth-order valence-electron chi connectivity index (χ4n) is 4.03. The fraction of sp³-hybridized carbons (Fsp3) is 0.571. The third-order valence-electron chi connectivity index (χ3n) is 5.62. The molecule has 0 bridgehead atoms. The Hall–Kier alpha value is -2.61. The highest BCUT2D eigenvalue weighted by Gasteiger charge is 2.25. The Kier molecular flexibility index (Phi) is 6.29. The molecule has 0 spiro atoms. The Balaban J connectivity index is 1.37. The number of aliphatic imine (C=N–C) groups is 1. The molecular formula is C21H31N7O. The molecule has 1 unspecified atom stereocenters. The summed E-state index contributed by atoms with van der Waals surface area (Å²) in [5.74, 6) is 1.99. The van der Waals surface area contributed by atoms with Crippen LogP contribution in [0, 0.1) is 0 Å². The van der Waals surface area contributed by atoms with E-state index in [-0.39, 0.29) is 6.10 Å². The molecule has 29 heavy (non-hydrogen) atoms. The van der Waals surface area contributed by atoms with E-state index in [1.807, 2.05) is 37.4 Å². The molecule has 8 nitrogen and oxygen atoms in total. The normalized spacial score (nSPS) is 20.8. The Morgan fingerprint density at radius 1 is 1.28 bits per heavy atom. The van der Waals surface area contributed by atoms with Gasteiger partial charge in [0.15, 0.2) is 5.96 Å². The number of aryl methyl sites for hydroxylation is 1. The first-order valence-corrected chi connectivity index (χ1v) is 10.5. The average Bonchev–Trinajstić information content (AvgIpc) is 3.22. The van der Waals surface area contributed by atoms with Crippen LogP contribution >= 0.6 is 0 Å². The van der Waals surface area contributed by atoms with Crippen molar-refractivity contribution in [2.24, 2.45) is 12.0 Å².